The summed E-state index contributed by atoms with van der Waals surface area (Å²) in [5.41, 5.74) is -1.27. The van der Waals surface area contributed by atoms with Crippen LogP contribution in [0.25, 0.3) is 0 Å². The van der Waals surface area contributed by atoms with Gasteiger partial charge in [0.2, 0.25) is 0 Å². The number of hydrogen-bond donors (Lipinski definition) is 0. The van der Waals surface area contributed by atoms with E-state index in [1.165, 1.54) is 24.3 Å². The Bertz CT molecular complexity index is 826. The van der Waals surface area contributed by atoms with Crippen LogP contribution in [0.1, 0.15) is 48.4 Å². The molecule has 0 bridgehead atoms. The van der Waals surface area contributed by atoms with Gasteiger partial charge in [-0.2, -0.15) is 0 Å². The van der Waals surface area contributed by atoms with Crippen LogP contribution in [0, 0.1) is 11.7 Å². The molecular weight excluding hydrogens is 369 g/mol. The van der Waals surface area contributed by atoms with Gasteiger partial charge in [-0.1, -0.05) is 24.3 Å². The molecule has 28 heavy (non-hydrogen) atoms. The van der Waals surface area contributed by atoms with Crippen molar-refractivity contribution in [3.63, 3.8) is 0 Å². The molecule has 0 saturated carbocycles. The van der Waals surface area contributed by atoms with Gasteiger partial charge < -0.3 is 4.74 Å². The third-order valence-electron chi connectivity index (χ3n) is 4.30. The quantitative estimate of drug-likeness (QED) is 0.353. The lowest BCUT2D eigenvalue weighted by atomic mass is 9.89. The molecule has 3 nitrogen and oxygen atoms in total. The number of esters is 1. The van der Waals surface area contributed by atoms with E-state index in [-0.39, 0.29) is 24.2 Å². The van der Waals surface area contributed by atoms with E-state index >= 15 is 0 Å². The van der Waals surface area contributed by atoms with E-state index in [0.29, 0.717) is 5.56 Å². The largest absolute Gasteiger partial charge is 0.465 e. The minimum absolute atomic E-state index is 0.0394. The van der Waals surface area contributed by atoms with Gasteiger partial charge in [-0.05, 0) is 62.6 Å². The highest BCUT2D eigenvalue weighted by molar-refractivity contribution is 6.08. The summed E-state index contributed by atoms with van der Waals surface area (Å²) in [5.74, 6) is -2.91. The van der Waals surface area contributed by atoms with Crippen LogP contribution in [0.3, 0.4) is 0 Å². The first kappa shape index (κ1) is 21.7. The first-order valence-corrected chi connectivity index (χ1v) is 9.01. The van der Waals surface area contributed by atoms with Gasteiger partial charge in [0, 0.05) is 5.56 Å². The van der Waals surface area contributed by atoms with E-state index in [1.54, 1.807) is 19.1 Å². The summed E-state index contributed by atoms with van der Waals surface area (Å²) in [5, 5.41) is 0. The van der Waals surface area contributed by atoms with Crippen molar-refractivity contribution < 1.29 is 27.5 Å². The Balaban J connectivity index is 2.32. The van der Waals surface area contributed by atoms with Crippen molar-refractivity contribution in [2.24, 2.45) is 5.92 Å². The van der Waals surface area contributed by atoms with Crippen LogP contribution in [0.2, 0.25) is 0 Å². The summed E-state index contributed by atoms with van der Waals surface area (Å²) in [6.45, 7) is 4.00. The summed E-state index contributed by atoms with van der Waals surface area (Å²) in [7, 11) is 0. The highest BCUT2D eigenvalue weighted by Gasteiger charge is 2.32. The molecule has 2 aromatic rings. The molecule has 0 aliphatic carbocycles. The molecule has 150 valence electrons. The Labute approximate surface area is 162 Å². The van der Waals surface area contributed by atoms with Crippen LogP contribution in [0.5, 0.6) is 0 Å². The number of ketones is 1. The molecule has 0 N–H and O–H groups in total. The van der Waals surface area contributed by atoms with Crippen molar-refractivity contribution in [1.29, 1.82) is 0 Å². The van der Waals surface area contributed by atoms with E-state index in [2.05, 4.69) is 0 Å². The zero-order chi connectivity index (χ0) is 20.9. The number of hydrogen-bond acceptors (Lipinski definition) is 3. The molecule has 0 amide bonds. The number of alkyl halides is 2. The topological polar surface area (TPSA) is 43.4 Å². The molecule has 0 saturated heterocycles. The number of carbonyl (C=O) groups excluding carboxylic acids is 2. The number of benzene rings is 2. The van der Waals surface area contributed by atoms with E-state index in [1.807, 2.05) is 0 Å². The van der Waals surface area contributed by atoms with Gasteiger partial charge in [-0.15, -0.1) is 0 Å². The minimum atomic E-state index is -2.07. The van der Waals surface area contributed by atoms with Crippen LogP contribution in [0.15, 0.2) is 48.5 Å². The molecule has 0 aliphatic rings. The van der Waals surface area contributed by atoms with E-state index < -0.39 is 35.3 Å². The molecule has 0 aliphatic heterocycles. The Hall–Kier alpha value is -2.63. The van der Waals surface area contributed by atoms with Crippen LogP contribution >= 0.6 is 0 Å². The fourth-order valence-electron chi connectivity index (χ4n) is 2.85. The molecule has 2 atom stereocenters. The van der Waals surface area contributed by atoms with Crippen molar-refractivity contribution in [1.82, 2.24) is 0 Å². The minimum Gasteiger partial charge on any atom is -0.465 e. The van der Waals surface area contributed by atoms with Crippen LogP contribution in [-0.4, -0.2) is 24.0 Å². The predicted molar refractivity (Wildman–Crippen MR) is 100 cm³/mol. The van der Waals surface area contributed by atoms with Crippen molar-refractivity contribution >= 4 is 11.8 Å². The van der Waals surface area contributed by atoms with Crippen molar-refractivity contribution in [2.45, 2.75) is 39.0 Å². The van der Waals surface area contributed by atoms with E-state index in [4.69, 9.17) is 4.74 Å². The van der Waals surface area contributed by atoms with Gasteiger partial charge in [-0.3, -0.25) is 9.59 Å². The van der Waals surface area contributed by atoms with Gasteiger partial charge in [0.1, 0.15) is 17.4 Å². The van der Waals surface area contributed by atoms with Gasteiger partial charge >= 0.3 is 5.97 Å². The molecule has 2 rings (SSSR count). The Morgan fingerprint density at radius 3 is 2.32 bits per heavy atom. The average Bonchev–Trinajstić information content (AvgIpc) is 2.65. The third kappa shape index (κ3) is 5.44. The monoisotopic (exact) mass is 392 g/mol. The lowest BCUT2D eigenvalue weighted by Crippen LogP contribution is -2.28. The van der Waals surface area contributed by atoms with E-state index in [0.717, 1.165) is 26.0 Å². The average molecular weight is 392 g/mol. The first-order valence-electron chi connectivity index (χ1n) is 9.01. The number of rotatable bonds is 8. The smallest absolute Gasteiger partial charge is 0.317 e. The van der Waals surface area contributed by atoms with Crippen LogP contribution < -0.4 is 0 Å². The Morgan fingerprint density at radius 1 is 1.11 bits per heavy atom. The maximum Gasteiger partial charge on any atom is 0.317 e. The molecule has 0 radical (unpaired) electrons. The number of carbonyl (C=O) groups is 2. The Morgan fingerprint density at radius 2 is 1.75 bits per heavy atom. The zero-order valence-electron chi connectivity index (χ0n) is 16.0. The lowest BCUT2D eigenvalue weighted by molar-refractivity contribution is -0.146. The van der Waals surface area contributed by atoms with Crippen molar-refractivity contribution in [3.05, 3.63) is 71.0 Å². The van der Waals surface area contributed by atoms with Gasteiger partial charge in [-0.25, -0.2) is 13.2 Å². The van der Waals surface area contributed by atoms with Crippen molar-refractivity contribution in [3.8, 4) is 0 Å². The molecule has 2 aromatic carbocycles. The van der Waals surface area contributed by atoms with Gasteiger partial charge in [0.05, 0.1) is 6.61 Å². The number of Topliss-reactive ketones (excluding diaryl/α,β-unsaturated/α-hetero) is 1. The van der Waals surface area contributed by atoms with Gasteiger partial charge in [0.15, 0.2) is 12.0 Å². The fourth-order valence-corrected chi connectivity index (χ4v) is 2.85. The molecule has 2 unspecified atom stereocenters. The predicted octanol–water partition coefficient (Wildman–Crippen LogP) is 5.19. The molecule has 0 aromatic heterocycles. The second kappa shape index (κ2) is 9.04. The Kier molecular flexibility index (Phi) is 7.00. The molecule has 0 heterocycles. The SMILES string of the molecule is CCOC(=O)C(Cc1cccc(C(F)C(C)(C)F)c1)C(=O)c1ccc(F)cc1. The normalized spacial score (nSPS) is 13.6. The second-order valence-electron chi connectivity index (χ2n) is 7.05. The summed E-state index contributed by atoms with van der Waals surface area (Å²) in [6.07, 6.45) is -1.89. The standard InChI is InChI=1S/C22H23F3O3/c1-4-28-21(27)18(19(26)15-8-10-17(23)11-9-15)13-14-6-5-7-16(12-14)20(24)22(2,3)25/h5-12,18,20H,4,13H2,1-3H3. The summed E-state index contributed by atoms with van der Waals surface area (Å²) in [6, 6.07) is 10.9. The summed E-state index contributed by atoms with van der Waals surface area (Å²) in [4.78, 5) is 25.2. The summed E-state index contributed by atoms with van der Waals surface area (Å²) >= 11 is 0. The molecule has 0 fully saturated rings. The fraction of sp³-hybridized carbons (Fsp3) is 0.364. The number of ether oxygens (including phenoxy) is 1. The second-order valence-corrected chi connectivity index (χ2v) is 7.05. The zero-order valence-corrected chi connectivity index (χ0v) is 16.0. The van der Waals surface area contributed by atoms with Crippen LogP contribution in [-0.2, 0) is 16.0 Å². The molecular formula is C22H23F3O3. The van der Waals surface area contributed by atoms with Crippen LogP contribution in [0.4, 0.5) is 13.2 Å². The molecule has 6 heteroatoms. The summed E-state index contributed by atoms with van der Waals surface area (Å²) < 4.78 is 46.4. The maximum absolute atomic E-state index is 14.3. The first-order chi connectivity index (χ1) is 13.1. The molecule has 0 spiro atoms. The number of halogens is 3. The third-order valence-corrected chi connectivity index (χ3v) is 4.30. The van der Waals surface area contributed by atoms with E-state index in [9.17, 15) is 22.8 Å². The highest BCUT2D eigenvalue weighted by Crippen LogP contribution is 2.33. The maximum atomic E-state index is 14.3. The highest BCUT2D eigenvalue weighted by atomic mass is 19.2. The van der Waals surface area contributed by atoms with Gasteiger partial charge in [0.25, 0.3) is 0 Å². The van der Waals surface area contributed by atoms with Crippen molar-refractivity contribution in [2.75, 3.05) is 6.61 Å². The lowest BCUT2D eigenvalue weighted by Gasteiger charge is -2.21.